The second-order valence-electron chi connectivity index (χ2n) is 2.69. The van der Waals surface area contributed by atoms with Crippen LogP contribution in [0.25, 0.3) is 0 Å². The summed E-state index contributed by atoms with van der Waals surface area (Å²) < 4.78 is 9.19. The summed E-state index contributed by atoms with van der Waals surface area (Å²) in [5, 5.41) is 0.506. The van der Waals surface area contributed by atoms with Crippen molar-refractivity contribution < 1.29 is 4.74 Å². The van der Waals surface area contributed by atoms with E-state index in [4.69, 9.17) is 10.5 Å². The first kappa shape index (κ1) is 8.96. The van der Waals surface area contributed by atoms with Crippen molar-refractivity contribution in [1.29, 1.82) is 0 Å². The van der Waals surface area contributed by atoms with Crippen LogP contribution in [0.2, 0.25) is 0 Å². The summed E-state index contributed by atoms with van der Waals surface area (Å²) in [7, 11) is 0. The van der Waals surface area contributed by atoms with Gasteiger partial charge in [-0.1, -0.05) is 30.3 Å². The largest absolute Gasteiger partial charge is 0.464 e. The number of nitrogens with zero attached hydrogens (tertiary/aromatic N) is 2. The van der Waals surface area contributed by atoms with E-state index in [-0.39, 0.29) is 5.95 Å². The minimum absolute atomic E-state index is 0.262. The highest BCUT2D eigenvalue weighted by atomic mass is 32.1. The molecule has 0 saturated carbocycles. The highest BCUT2D eigenvalue weighted by Crippen LogP contribution is 2.16. The summed E-state index contributed by atoms with van der Waals surface area (Å²) in [6.07, 6.45) is 0. The minimum atomic E-state index is 0.262. The normalized spacial score (nSPS) is 10.0. The van der Waals surface area contributed by atoms with Gasteiger partial charge in [-0.2, -0.15) is 9.36 Å². The number of hydrogen-bond donors (Lipinski definition) is 1. The van der Waals surface area contributed by atoms with E-state index in [1.807, 2.05) is 30.3 Å². The van der Waals surface area contributed by atoms with E-state index >= 15 is 0 Å². The van der Waals surface area contributed by atoms with Gasteiger partial charge in [-0.15, -0.1) is 0 Å². The Morgan fingerprint density at radius 3 is 2.71 bits per heavy atom. The van der Waals surface area contributed by atoms with E-state index in [1.54, 1.807) is 0 Å². The van der Waals surface area contributed by atoms with Crippen LogP contribution in [0.5, 0.6) is 5.19 Å². The average Bonchev–Trinajstić information content (AvgIpc) is 2.63. The van der Waals surface area contributed by atoms with Gasteiger partial charge in [0.25, 0.3) is 5.19 Å². The predicted octanol–water partition coefficient (Wildman–Crippen LogP) is 1.70. The van der Waals surface area contributed by atoms with Gasteiger partial charge in [0.1, 0.15) is 6.61 Å². The number of rotatable bonds is 3. The molecular formula is C9H9N3OS. The Bertz CT molecular complexity index is 401. The molecule has 0 spiro atoms. The van der Waals surface area contributed by atoms with Crippen molar-refractivity contribution in [3.8, 4) is 5.19 Å². The Kier molecular flexibility index (Phi) is 2.60. The fraction of sp³-hybridized carbons (Fsp3) is 0.111. The van der Waals surface area contributed by atoms with Gasteiger partial charge in [0, 0.05) is 11.5 Å². The van der Waals surface area contributed by atoms with Crippen molar-refractivity contribution in [3.63, 3.8) is 0 Å². The molecule has 5 heteroatoms. The second-order valence-corrected chi connectivity index (χ2v) is 3.41. The summed E-state index contributed by atoms with van der Waals surface area (Å²) in [4.78, 5) is 3.89. The van der Waals surface area contributed by atoms with Crippen LogP contribution in [-0.2, 0) is 6.61 Å². The summed E-state index contributed by atoms with van der Waals surface area (Å²) in [5.41, 5.74) is 6.45. The SMILES string of the molecule is Nc1nsc(OCc2ccccc2)n1. The van der Waals surface area contributed by atoms with Crippen molar-refractivity contribution in [3.05, 3.63) is 35.9 Å². The second kappa shape index (κ2) is 4.06. The third-order valence-electron chi connectivity index (χ3n) is 1.63. The maximum Gasteiger partial charge on any atom is 0.295 e. The first-order valence-corrected chi connectivity index (χ1v) is 4.88. The third kappa shape index (κ3) is 2.20. The van der Waals surface area contributed by atoms with Crippen molar-refractivity contribution in [2.75, 3.05) is 5.73 Å². The Balaban J connectivity index is 1.95. The zero-order chi connectivity index (χ0) is 9.80. The Labute approximate surface area is 85.5 Å². The molecule has 0 aliphatic carbocycles. The van der Waals surface area contributed by atoms with Gasteiger partial charge in [0.05, 0.1) is 0 Å². The molecule has 2 aromatic rings. The van der Waals surface area contributed by atoms with Gasteiger partial charge in [-0.3, -0.25) is 0 Å². The Morgan fingerprint density at radius 2 is 2.07 bits per heavy atom. The molecule has 4 nitrogen and oxygen atoms in total. The van der Waals surface area contributed by atoms with Crippen LogP contribution in [0, 0.1) is 0 Å². The average molecular weight is 207 g/mol. The summed E-state index contributed by atoms with van der Waals surface area (Å²) >= 11 is 1.16. The zero-order valence-electron chi connectivity index (χ0n) is 7.38. The molecule has 0 amide bonds. The maximum atomic E-state index is 5.38. The smallest absolute Gasteiger partial charge is 0.295 e. The number of nitrogens with two attached hydrogens (primary N) is 1. The number of anilines is 1. The number of nitrogen functional groups attached to an aromatic ring is 1. The molecule has 0 bridgehead atoms. The van der Waals surface area contributed by atoms with Crippen molar-refractivity contribution in [1.82, 2.24) is 9.36 Å². The van der Waals surface area contributed by atoms with E-state index in [0.29, 0.717) is 11.8 Å². The summed E-state index contributed by atoms with van der Waals surface area (Å²) in [6.45, 7) is 0.496. The number of benzene rings is 1. The van der Waals surface area contributed by atoms with Crippen molar-refractivity contribution in [2.24, 2.45) is 0 Å². The molecule has 1 aromatic carbocycles. The van der Waals surface area contributed by atoms with E-state index in [1.165, 1.54) is 0 Å². The lowest BCUT2D eigenvalue weighted by atomic mass is 10.2. The standard InChI is InChI=1S/C9H9N3OS/c10-8-11-9(14-12-8)13-6-7-4-2-1-3-5-7/h1-5H,6H2,(H2,10,12). The number of ether oxygens (including phenoxy) is 1. The highest BCUT2D eigenvalue weighted by molar-refractivity contribution is 7.07. The van der Waals surface area contributed by atoms with E-state index < -0.39 is 0 Å². The maximum absolute atomic E-state index is 5.38. The van der Waals surface area contributed by atoms with Crippen LogP contribution in [0.4, 0.5) is 5.95 Å². The van der Waals surface area contributed by atoms with Crippen LogP contribution in [0.3, 0.4) is 0 Å². The Morgan fingerprint density at radius 1 is 1.29 bits per heavy atom. The van der Waals surface area contributed by atoms with Crippen LogP contribution in [0.1, 0.15) is 5.56 Å². The van der Waals surface area contributed by atoms with Gasteiger partial charge in [-0.05, 0) is 5.56 Å². The van der Waals surface area contributed by atoms with E-state index in [9.17, 15) is 0 Å². The van der Waals surface area contributed by atoms with E-state index in [0.717, 1.165) is 17.1 Å². The molecule has 0 fully saturated rings. The number of aromatic nitrogens is 2. The zero-order valence-corrected chi connectivity index (χ0v) is 8.20. The van der Waals surface area contributed by atoms with Crippen LogP contribution in [0.15, 0.2) is 30.3 Å². The molecular weight excluding hydrogens is 198 g/mol. The molecule has 0 saturated heterocycles. The third-order valence-corrected chi connectivity index (χ3v) is 2.27. The van der Waals surface area contributed by atoms with Gasteiger partial charge >= 0.3 is 0 Å². The van der Waals surface area contributed by atoms with Gasteiger partial charge in [0.15, 0.2) is 0 Å². The lowest BCUT2D eigenvalue weighted by Gasteiger charge is -2.00. The monoisotopic (exact) mass is 207 g/mol. The minimum Gasteiger partial charge on any atom is -0.464 e. The quantitative estimate of drug-likeness (QED) is 0.832. The highest BCUT2D eigenvalue weighted by Gasteiger charge is 2.01. The van der Waals surface area contributed by atoms with Crippen LogP contribution >= 0.6 is 11.5 Å². The molecule has 2 rings (SSSR count). The lowest BCUT2D eigenvalue weighted by Crippen LogP contribution is -1.94. The van der Waals surface area contributed by atoms with Crippen molar-refractivity contribution >= 4 is 17.5 Å². The van der Waals surface area contributed by atoms with E-state index in [2.05, 4.69) is 9.36 Å². The number of hydrogen-bond acceptors (Lipinski definition) is 5. The molecule has 0 aliphatic heterocycles. The topological polar surface area (TPSA) is 61.0 Å². The molecule has 72 valence electrons. The van der Waals surface area contributed by atoms with Crippen LogP contribution in [-0.4, -0.2) is 9.36 Å². The molecule has 1 heterocycles. The molecule has 1 aromatic heterocycles. The van der Waals surface area contributed by atoms with Gasteiger partial charge in [0.2, 0.25) is 5.95 Å². The molecule has 14 heavy (non-hydrogen) atoms. The molecule has 0 radical (unpaired) electrons. The fourth-order valence-corrected chi connectivity index (χ4v) is 1.46. The predicted molar refractivity (Wildman–Crippen MR) is 55.1 cm³/mol. The van der Waals surface area contributed by atoms with Gasteiger partial charge in [-0.25, -0.2) is 0 Å². The lowest BCUT2D eigenvalue weighted by molar-refractivity contribution is 0.305. The first-order chi connectivity index (χ1) is 6.84. The van der Waals surface area contributed by atoms with Crippen molar-refractivity contribution in [2.45, 2.75) is 6.61 Å². The summed E-state index contributed by atoms with van der Waals surface area (Å²) in [6, 6.07) is 9.88. The summed E-state index contributed by atoms with van der Waals surface area (Å²) in [5.74, 6) is 0.262. The Hall–Kier alpha value is -1.62. The first-order valence-electron chi connectivity index (χ1n) is 4.10. The van der Waals surface area contributed by atoms with Gasteiger partial charge < -0.3 is 10.5 Å². The fourth-order valence-electron chi connectivity index (χ4n) is 0.998. The molecule has 0 unspecified atom stereocenters. The van der Waals surface area contributed by atoms with Crippen LogP contribution < -0.4 is 10.5 Å². The molecule has 0 atom stereocenters. The molecule has 0 aliphatic rings. The molecule has 2 N–H and O–H groups in total.